The summed E-state index contributed by atoms with van der Waals surface area (Å²) in [4.78, 5) is 66.0. The van der Waals surface area contributed by atoms with Crippen molar-refractivity contribution in [2.75, 3.05) is 24.3 Å². The molecule has 1 heterocycles. The first-order valence-corrected chi connectivity index (χ1v) is 19.3. The summed E-state index contributed by atoms with van der Waals surface area (Å²) in [6.07, 6.45) is 0.495. The predicted molar refractivity (Wildman–Crippen MR) is 194 cm³/mol. The molecule has 0 aliphatic rings. The van der Waals surface area contributed by atoms with Crippen LogP contribution in [0.5, 0.6) is 0 Å². The molecular formula is C36H43N4O8PS. The molecule has 6 N–H and O–H groups in total. The van der Waals surface area contributed by atoms with E-state index in [4.69, 9.17) is 15.2 Å². The fraction of sp³-hybridized carbons (Fsp3) is 0.333. The monoisotopic (exact) mass is 722 g/mol. The average molecular weight is 723 g/mol. The van der Waals surface area contributed by atoms with Crippen molar-refractivity contribution in [3.05, 3.63) is 108 Å². The molecule has 0 saturated carbocycles. The minimum atomic E-state index is -4.36. The number of amides is 3. The quantitative estimate of drug-likeness (QED) is 0.0517. The van der Waals surface area contributed by atoms with Crippen molar-refractivity contribution in [2.24, 2.45) is 11.7 Å². The number of primary amides is 1. The number of esters is 1. The Labute approximate surface area is 295 Å². The topological polar surface area (TPSA) is 190 Å². The molecule has 0 fully saturated rings. The summed E-state index contributed by atoms with van der Waals surface area (Å²) in [6.45, 7) is 1.89. The van der Waals surface area contributed by atoms with Crippen LogP contribution in [0.3, 0.4) is 0 Å². The Morgan fingerprint density at radius 2 is 1.56 bits per heavy atom. The molecule has 266 valence electrons. The number of H-pyrrole nitrogens is 1. The molecule has 0 aliphatic heterocycles. The third-order valence-corrected chi connectivity index (χ3v) is 11.3. The second-order valence-corrected chi connectivity index (χ2v) is 15.4. The zero-order valence-corrected chi connectivity index (χ0v) is 29.5. The summed E-state index contributed by atoms with van der Waals surface area (Å²) < 4.78 is 24.6. The van der Waals surface area contributed by atoms with Gasteiger partial charge in [-0.2, -0.15) is 11.8 Å². The Morgan fingerprint density at radius 3 is 2.24 bits per heavy atom. The minimum absolute atomic E-state index is 0.0100. The number of ether oxygens (including phenoxy) is 2. The number of alkyl carbamates (subject to hydrolysis) is 1. The Morgan fingerprint density at radius 1 is 0.900 bits per heavy atom. The lowest BCUT2D eigenvalue weighted by Gasteiger charge is -2.28. The first-order valence-electron chi connectivity index (χ1n) is 16.3. The van der Waals surface area contributed by atoms with Crippen molar-refractivity contribution in [2.45, 2.75) is 44.6 Å². The Hall–Kier alpha value is -4.58. The number of thioether (sulfide) groups is 1. The first-order chi connectivity index (χ1) is 24.1. The summed E-state index contributed by atoms with van der Waals surface area (Å²) in [5.41, 5.74) is 8.77. The molecule has 2 unspecified atom stereocenters. The minimum Gasteiger partial charge on any atom is -0.466 e. The molecule has 0 bridgehead atoms. The zero-order chi connectivity index (χ0) is 35.9. The van der Waals surface area contributed by atoms with Crippen molar-refractivity contribution < 1.29 is 38.1 Å². The van der Waals surface area contributed by atoms with Gasteiger partial charge in [-0.25, -0.2) is 4.79 Å². The molecule has 3 amide bonds. The van der Waals surface area contributed by atoms with Crippen molar-refractivity contribution in [3.8, 4) is 0 Å². The first kappa shape index (κ1) is 38.2. The molecule has 14 heteroatoms. The van der Waals surface area contributed by atoms with E-state index in [-0.39, 0.29) is 38.2 Å². The Kier molecular flexibility index (Phi) is 14.5. The number of aromatic nitrogens is 1. The highest BCUT2D eigenvalue weighted by Gasteiger charge is 2.38. The van der Waals surface area contributed by atoms with E-state index in [1.165, 1.54) is 11.8 Å². The number of nitrogens with one attached hydrogen (secondary N) is 3. The molecule has 4 rings (SSSR count). The number of para-hydroxylation sites is 1. The van der Waals surface area contributed by atoms with Gasteiger partial charge in [0.25, 0.3) is 0 Å². The lowest BCUT2D eigenvalue weighted by molar-refractivity contribution is -0.142. The van der Waals surface area contributed by atoms with Gasteiger partial charge in [-0.1, -0.05) is 78.9 Å². The number of fused-ring (bicyclic) bond motifs is 1. The highest BCUT2D eigenvalue weighted by molar-refractivity contribution is 7.99. The van der Waals surface area contributed by atoms with Gasteiger partial charge in [-0.05, 0) is 29.7 Å². The summed E-state index contributed by atoms with van der Waals surface area (Å²) in [6, 6.07) is 24.3. The maximum atomic E-state index is 14.2. The number of hydrogen-bond donors (Lipinski definition) is 5. The molecular weight excluding hydrogens is 679 g/mol. The zero-order valence-electron chi connectivity index (χ0n) is 27.8. The molecule has 12 nitrogen and oxygen atoms in total. The number of carbonyl (C=O) groups is 4. The molecule has 4 atom stereocenters. The van der Waals surface area contributed by atoms with E-state index in [1.807, 2.05) is 30.3 Å². The van der Waals surface area contributed by atoms with Gasteiger partial charge in [0.15, 0.2) is 0 Å². The van der Waals surface area contributed by atoms with E-state index in [2.05, 4.69) is 15.6 Å². The van der Waals surface area contributed by atoms with Gasteiger partial charge in [-0.3, -0.25) is 18.9 Å². The van der Waals surface area contributed by atoms with Gasteiger partial charge in [0.05, 0.1) is 18.9 Å². The van der Waals surface area contributed by atoms with Gasteiger partial charge < -0.3 is 35.7 Å². The molecule has 50 heavy (non-hydrogen) atoms. The number of aromatic amines is 1. The van der Waals surface area contributed by atoms with Crippen molar-refractivity contribution in [3.63, 3.8) is 0 Å². The van der Waals surface area contributed by atoms with Crippen LogP contribution in [-0.2, 0) is 47.9 Å². The van der Waals surface area contributed by atoms with E-state index in [0.29, 0.717) is 11.3 Å². The average Bonchev–Trinajstić information content (AvgIpc) is 3.51. The van der Waals surface area contributed by atoms with Crippen LogP contribution < -0.4 is 16.4 Å². The lowest BCUT2D eigenvalue weighted by atomic mass is 10.0. The summed E-state index contributed by atoms with van der Waals surface area (Å²) in [5, 5.41) is 6.14. The molecule has 0 saturated heterocycles. The van der Waals surface area contributed by atoms with E-state index in [1.54, 1.807) is 67.7 Å². The fourth-order valence-electron chi connectivity index (χ4n) is 5.33. The smallest absolute Gasteiger partial charge is 0.408 e. The fourth-order valence-corrected chi connectivity index (χ4v) is 8.52. The van der Waals surface area contributed by atoms with Crippen LogP contribution in [0.25, 0.3) is 10.9 Å². The third-order valence-electron chi connectivity index (χ3n) is 7.94. The van der Waals surface area contributed by atoms with E-state index < -0.39 is 55.2 Å². The second kappa shape index (κ2) is 19.0. The number of hydrogen-bond acceptors (Lipinski definition) is 8. The number of nitrogens with two attached hydrogens (primary N) is 1. The summed E-state index contributed by atoms with van der Waals surface area (Å²) >= 11 is 1.24. The Bertz CT molecular complexity index is 1770. The molecule has 4 aromatic rings. The summed E-state index contributed by atoms with van der Waals surface area (Å²) in [5.74, 6) is -3.88. The van der Waals surface area contributed by atoms with Crippen molar-refractivity contribution >= 4 is 53.9 Å². The SMILES string of the molecule is CCOC(=O)CCSCC(CP(=O)(O)[C@H](Cc1ccccc1)NC(=O)OCc1ccccc1)C(=O)N[C@@H](Cc1c[nH]c2ccccc12)C(N)=O. The molecule has 3 aromatic carbocycles. The van der Waals surface area contributed by atoms with E-state index in [0.717, 1.165) is 22.0 Å². The van der Waals surface area contributed by atoms with Gasteiger partial charge in [-0.15, -0.1) is 0 Å². The highest BCUT2D eigenvalue weighted by atomic mass is 32.2. The van der Waals surface area contributed by atoms with Gasteiger partial charge in [0, 0.05) is 47.6 Å². The van der Waals surface area contributed by atoms with E-state index >= 15 is 0 Å². The molecule has 0 spiro atoms. The van der Waals surface area contributed by atoms with Crippen LogP contribution in [0.2, 0.25) is 0 Å². The molecule has 0 aliphatic carbocycles. The van der Waals surface area contributed by atoms with Crippen molar-refractivity contribution in [1.29, 1.82) is 0 Å². The second-order valence-electron chi connectivity index (χ2n) is 11.7. The molecule has 0 radical (unpaired) electrons. The van der Waals surface area contributed by atoms with Crippen LogP contribution in [0.4, 0.5) is 4.79 Å². The van der Waals surface area contributed by atoms with Crippen molar-refractivity contribution in [1.82, 2.24) is 15.6 Å². The highest BCUT2D eigenvalue weighted by Crippen LogP contribution is 2.48. The van der Waals surface area contributed by atoms with E-state index in [9.17, 15) is 28.6 Å². The standard InChI is InChI=1S/C36H43N4O8PS/c1-2-47-33(41)17-18-50-24-28(35(43)39-31(34(37)42)20-27-21-38-30-16-10-9-15-29(27)30)23-49(45,46)32(19-25-11-5-3-6-12-25)40-36(44)48-22-26-13-7-4-8-14-26/h3-16,21,28,31-32,38H,2,17-20,22-24H2,1H3,(H2,37,42)(H,39,43)(H,40,44)(H,45,46)/t28?,31-,32+/m0/s1. The normalized spacial score (nSPS) is 14.1. The Balaban J connectivity index is 1.53. The maximum absolute atomic E-state index is 14.2. The van der Waals surface area contributed by atoms with Crippen LogP contribution in [0, 0.1) is 5.92 Å². The number of rotatable bonds is 19. The van der Waals surface area contributed by atoms with Gasteiger partial charge >= 0.3 is 12.1 Å². The lowest BCUT2D eigenvalue weighted by Crippen LogP contribution is -2.49. The third kappa shape index (κ3) is 11.8. The van der Waals surface area contributed by atoms with Crippen LogP contribution in [0.1, 0.15) is 30.0 Å². The van der Waals surface area contributed by atoms with Crippen LogP contribution >= 0.6 is 19.1 Å². The molecule has 1 aromatic heterocycles. The summed E-state index contributed by atoms with van der Waals surface area (Å²) in [7, 11) is -4.36. The van der Waals surface area contributed by atoms with Crippen LogP contribution in [0.15, 0.2) is 91.1 Å². The maximum Gasteiger partial charge on any atom is 0.408 e. The van der Waals surface area contributed by atoms with Gasteiger partial charge in [0.1, 0.15) is 18.4 Å². The van der Waals surface area contributed by atoms with Crippen LogP contribution in [-0.4, -0.2) is 69.9 Å². The largest absolute Gasteiger partial charge is 0.466 e. The number of carbonyl (C=O) groups excluding carboxylic acids is 4. The predicted octanol–water partition coefficient (Wildman–Crippen LogP) is 4.75. The van der Waals surface area contributed by atoms with Gasteiger partial charge in [0.2, 0.25) is 19.2 Å². The number of benzene rings is 3.